The van der Waals surface area contributed by atoms with Crippen LogP contribution in [0, 0.1) is 0 Å². The van der Waals surface area contributed by atoms with E-state index in [0.717, 1.165) is 6.54 Å². The molecule has 0 radical (unpaired) electrons. The van der Waals surface area contributed by atoms with E-state index in [0.29, 0.717) is 18.4 Å². The number of carbonyl (C=O) groups excluding carboxylic acids is 1. The minimum atomic E-state index is 0.0961. The Morgan fingerprint density at radius 2 is 2.31 bits per heavy atom. The van der Waals surface area contributed by atoms with Gasteiger partial charge >= 0.3 is 0 Å². The number of carbonyl (C=O) groups is 1. The van der Waals surface area contributed by atoms with Crippen molar-refractivity contribution in [2.45, 2.75) is 45.2 Å². The van der Waals surface area contributed by atoms with E-state index in [9.17, 15) is 4.79 Å². The van der Waals surface area contributed by atoms with Gasteiger partial charge in [-0.1, -0.05) is 12.8 Å². The minimum Gasteiger partial charge on any atom is -0.329 e. The molecule has 1 saturated carbocycles. The second-order valence-electron chi connectivity index (χ2n) is 4.32. The maximum absolute atomic E-state index is 11.9. The molecule has 16 heavy (non-hydrogen) atoms. The summed E-state index contributed by atoms with van der Waals surface area (Å²) in [6.45, 7) is 3.23. The van der Waals surface area contributed by atoms with E-state index in [2.05, 4.69) is 10.3 Å². The summed E-state index contributed by atoms with van der Waals surface area (Å²) in [5.74, 6) is 0.673. The van der Waals surface area contributed by atoms with Crippen LogP contribution in [0.4, 0.5) is 0 Å². The molecule has 1 aromatic heterocycles. The molecular weight excluding hydrogens is 202 g/mol. The summed E-state index contributed by atoms with van der Waals surface area (Å²) >= 11 is 0. The molecule has 2 rings (SSSR count). The Morgan fingerprint density at radius 1 is 1.56 bits per heavy atom. The first-order chi connectivity index (χ1) is 7.81. The van der Waals surface area contributed by atoms with E-state index in [-0.39, 0.29) is 5.78 Å². The zero-order valence-electron chi connectivity index (χ0n) is 9.78. The summed E-state index contributed by atoms with van der Waals surface area (Å²) in [4.78, 5) is 16.0. The molecule has 1 N–H and O–H groups in total. The topological polar surface area (TPSA) is 46.9 Å². The number of rotatable bonds is 5. The van der Waals surface area contributed by atoms with Crippen molar-refractivity contribution in [2.75, 3.05) is 6.54 Å². The Balaban J connectivity index is 1.87. The summed E-state index contributed by atoms with van der Waals surface area (Å²) in [5.41, 5.74) is 0. The lowest BCUT2D eigenvalue weighted by atomic mass is 10.2. The van der Waals surface area contributed by atoms with Gasteiger partial charge in [0, 0.05) is 25.0 Å². The maximum Gasteiger partial charge on any atom is 0.211 e. The highest BCUT2D eigenvalue weighted by atomic mass is 16.1. The average Bonchev–Trinajstić information content (AvgIpc) is 2.96. The SMILES string of the molecule is CCn1ccnc1C(=O)CNC1CCCC1. The van der Waals surface area contributed by atoms with Crippen LogP contribution in [0.25, 0.3) is 0 Å². The fraction of sp³-hybridized carbons (Fsp3) is 0.667. The van der Waals surface area contributed by atoms with E-state index >= 15 is 0 Å². The van der Waals surface area contributed by atoms with Crippen LogP contribution in [0.5, 0.6) is 0 Å². The second kappa shape index (κ2) is 5.25. The quantitative estimate of drug-likeness (QED) is 0.768. The monoisotopic (exact) mass is 221 g/mol. The summed E-state index contributed by atoms with van der Waals surface area (Å²) in [6, 6.07) is 0.536. The molecule has 0 bridgehead atoms. The molecule has 4 heteroatoms. The lowest BCUT2D eigenvalue weighted by Crippen LogP contribution is -2.32. The normalized spacial score (nSPS) is 16.8. The van der Waals surface area contributed by atoms with E-state index in [1.54, 1.807) is 6.20 Å². The zero-order chi connectivity index (χ0) is 11.4. The van der Waals surface area contributed by atoms with Crippen LogP contribution in [0.15, 0.2) is 12.4 Å². The van der Waals surface area contributed by atoms with Crippen LogP contribution in [0.2, 0.25) is 0 Å². The Labute approximate surface area is 96.1 Å². The fourth-order valence-corrected chi connectivity index (χ4v) is 2.26. The molecular formula is C12H19N3O. The van der Waals surface area contributed by atoms with Crippen LogP contribution in [-0.2, 0) is 6.54 Å². The van der Waals surface area contributed by atoms with Crippen LogP contribution in [-0.4, -0.2) is 27.9 Å². The lowest BCUT2D eigenvalue weighted by Gasteiger charge is -2.10. The molecule has 4 nitrogen and oxygen atoms in total. The van der Waals surface area contributed by atoms with Crippen molar-refractivity contribution in [1.29, 1.82) is 0 Å². The Bertz CT molecular complexity index is 353. The molecule has 1 fully saturated rings. The average molecular weight is 221 g/mol. The van der Waals surface area contributed by atoms with Gasteiger partial charge in [-0.3, -0.25) is 4.79 Å². The number of nitrogens with one attached hydrogen (secondary N) is 1. The molecule has 0 atom stereocenters. The van der Waals surface area contributed by atoms with Crippen molar-refractivity contribution in [3.63, 3.8) is 0 Å². The van der Waals surface area contributed by atoms with Gasteiger partial charge in [0.05, 0.1) is 6.54 Å². The predicted molar refractivity (Wildman–Crippen MR) is 62.5 cm³/mol. The van der Waals surface area contributed by atoms with Crippen molar-refractivity contribution in [3.8, 4) is 0 Å². The van der Waals surface area contributed by atoms with Gasteiger partial charge in [-0.15, -0.1) is 0 Å². The highest BCUT2D eigenvalue weighted by Gasteiger charge is 2.17. The number of ketones is 1. The first-order valence-corrected chi connectivity index (χ1v) is 6.09. The van der Waals surface area contributed by atoms with Gasteiger partial charge in [-0.05, 0) is 19.8 Å². The predicted octanol–water partition coefficient (Wildman–Crippen LogP) is 1.62. The van der Waals surface area contributed by atoms with Gasteiger partial charge in [-0.25, -0.2) is 4.98 Å². The zero-order valence-corrected chi connectivity index (χ0v) is 9.78. The second-order valence-corrected chi connectivity index (χ2v) is 4.32. The number of Topliss-reactive ketones (excluding diaryl/α,β-unsaturated/α-hetero) is 1. The lowest BCUT2D eigenvalue weighted by molar-refractivity contribution is 0.0973. The highest BCUT2D eigenvalue weighted by molar-refractivity contribution is 5.94. The molecule has 0 unspecified atom stereocenters. The number of nitrogens with zero attached hydrogens (tertiary/aromatic N) is 2. The Morgan fingerprint density at radius 3 is 3.00 bits per heavy atom. The molecule has 0 spiro atoms. The smallest absolute Gasteiger partial charge is 0.211 e. The number of aryl methyl sites for hydroxylation is 1. The molecule has 0 saturated heterocycles. The van der Waals surface area contributed by atoms with Crippen LogP contribution < -0.4 is 5.32 Å². The van der Waals surface area contributed by atoms with Crippen molar-refractivity contribution in [2.24, 2.45) is 0 Å². The van der Waals surface area contributed by atoms with Gasteiger partial charge in [0.1, 0.15) is 0 Å². The summed E-state index contributed by atoms with van der Waals surface area (Å²) in [6.07, 6.45) is 8.52. The van der Waals surface area contributed by atoms with Gasteiger partial charge in [0.25, 0.3) is 0 Å². The molecule has 1 aromatic rings. The molecule has 1 heterocycles. The van der Waals surface area contributed by atoms with Crippen molar-refractivity contribution in [1.82, 2.24) is 14.9 Å². The number of aromatic nitrogens is 2. The number of hydrogen-bond donors (Lipinski definition) is 1. The molecule has 0 aliphatic heterocycles. The fourth-order valence-electron chi connectivity index (χ4n) is 2.26. The first-order valence-electron chi connectivity index (χ1n) is 6.09. The summed E-state index contributed by atoms with van der Waals surface area (Å²) < 4.78 is 1.89. The number of hydrogen-bond acceptors (Lipinski definition) is 3. The molecule has 88 valence electrons. The molecule has 0 aromatic carbocycles. The van der Waals surface area contributed by atoms with Gasteiger partial charge in [0.2, 0.25) is 5.78 Å². The maximum atomic E-state index is 11.9. The third-order valence-corrected chi connectivity index (χ3v) is 3.21. The molecule has 0 amide bonds. The van der Waals surface area contributed by atoms with E-state index < -0.39 is 0 Å². The third kappa shape index (κ3) is 2.50. The van der Waals surface area contributed by atoms with Crippen LogP contribution >= 0.6 is 0 Å². The van der Waals surface area contributed by atoms with Crippen LogP contribution in [0.3, 0.4) is 0 Å². The van der Waals surface area contributed by atoms with Gasteiger partial charge < -0.3 is 9.88 Å². The summed E-state index contributed by atoms with van der Waals surface area (Å²) in [7, 11) is 0. The molecule has 1 aliphatic rings. The third-order valence-electron chi connectivity index (χ3n) is 3.21. The van der Waals surface area contributed by atoms with E-state index in [1.165, 1.54) is 25.7 Å². The first kappa shape index (κ1) is 11.3. The Hall–Kier alpha value is -1.16. The van der Waals surface area contributed by atoms with Crippen molar-refractivity contribution in [3.05, 3.63) is 18.2 Å². The number of imidazole rings is 1. The van der Waals surface area contributed by atoms with Crippen LogP contribution in [0.1, 0.15) is 43.2 Å². The van der Waals surface area contributed by atoms with E-state index in [4.69, 9.17) is 0 Å². The largest absolute Gasteiger partial charge is 0.329 e. The Kier molecular flexibility index (Phi) is 3.72. The van der Waals surface area contributed by atoms with Crippen molar-refractivity contribution < 1.29 is 4.79 Å². The van der Waals surface area contributed by atoms with Gasteiger partial charge in [-0.2, -0.15) is 0 Å². The van der Waals surface area contributed by atoms with Crippen molar-refractivity contribution >= 4 is 5.78 Å². The standard InChI is InChI=1S/C12H19N3O/c1-2-15-8-7-13-12(15)11(16)9-14-10-5-3-4-6-10/h7-8,10,14H,2-6,9H2,1H3. The highest BCUT2D eigenvalue weighted by Crippen LogP contribution is 2.17. The van der Waals surface area contributed by atoms with E-state index in [1.807, 2.05) is 17.7 Å². The minimum absolute atomic E-state index is 0.0961. The molecule has 1 aliphatic carbocycles. The van der Waals surface area contributed by atoms with Gasteiger partial charge in [0.15, 0.2) is 5.82 Å². The summed E-state index contributed by atoms with van der Waals surface area (Å²) in [5, 5.41) is 3.32.